The molecular formula is C25H26F4N2O6S. The van der Waals surface area contributed by atoms with Crippen molar-refractivity contribution in [2.45, 2.75) is 31.8 Å². The molecule has 3 aromatic rings. The van der Waals surface area contributed by atoms with Crippen molar-refractivity contribution in [3.63, 3.8) is 0 Å². The van der Waals surface area contributed by atoms with Crippen molar-refractivity contribution in [2.75, 3.05) is 17.5 Å². The van der Waals surface area contributed by atoms with E-state index in [0.29, 0.717) is 11.1 Å². The van der Waals surface area contributed by atoms with Gasteiger partial charge in [-0.2, -0.15) is 17.6 Å². The third-order valence-corrected chi connectivity index (χ3v) is 6.25. The minimum atomic E-state index is -3.69. The van der Waals surface area contributed by atoms with Gasteiger partial charge in [-0.15, -0.1) is 0 Å². The molecule has 38 heavy (non-hydrogen) atoms. The number of nitrogens with one attached hydrogen (secondary N) is 2. The molecule has 0 aliphatic heterocycles. The van der Waals surface area contributed by atoms with Gasteiger partial charge in [-0.05, 0) is 60.0 Å². The monoisotopic (exact) mass is 558 g/mol. The fraction of sp³-hybridized carbons (Fsp3) is 0.280. The summed E-state index contributed by atoms with van der Waals surface area (Å²) in [6, 6.07) is 15.4. The summed E-state index contributed by atoms with van der Waals surface area (Å²) in [7, 11) is -3.69. The number of phenols is 1. The minimum Gasteiger partial charge on any atom is -0.506 e. The highest BCUT2D eigenvalue weighted by atomic mass is 32.2. The number of halogens is 4. The number of hydrogen-bond acceptors (Lipinski definition) is 7. The van der Waals surface area contributed by atoms with Gasteiger partial charge >= 0.3 is 13.2 Å². The molecule has 0 saturated heterocycles. The van der Waals surface area contributed by atoms with Crippen LogP contribution in [0.3, 0.4) is 0 Å². The smallest absolute Gasteiger partial charge is 0.387 e. The highest BCUT2D eigenvalue weighted by Gasteiger charge is 2.30. The molecule has 206 valence electrons. The molecule has 0 saturated carbocycles. The fourth-order valence-electron chi connectivity index (χ4n) is 3.77. The first-order chi connectivity index (χ1) is 17.8. The van der Waals surface area contributed by atoms with Crippen molar-refractivity contribution < 1.29 is 45.7 Å². The maximum atomic E-state index is 12.6. The SMILES string of the molecule is CC(NC[C@H](O)c1ccc(O)c(NS(C)(=O)=O)c1)(c1ccc(OC(F)F)cc1)c1ccc(OC(F)F)cc1. The topological polar surface area (TPSA) is 117 Å². The van der Waals surface area contributed by atoms with Crippen molar-refractivity contribution in [1.29, 1.82) is 0 Å². The van der Waals surface area contributed by atoms with Crippen LogP contribution in [0.5, 0.6) is 17.2 Å². The number of benzene rings is 3. The number of ether oxygens (including phenoxy) is 2. The molecule has 0 bridgehead atoms. The van der Waals surface area contributed by atoms with Gasteiger partial charge in [0.25, 0.3) is 0 Å². The Morgan fingerprint density at radius 2 is 1.34 bits per heavy atom. The van der Waals surface area contributed by atoms with Crippen LogP contribution >= 0.6 is 0 Å². The molecule has 0 radical (unpaired) electrons. The fourth-order valence-corrected chi connectivity index (χ4v) is 4.33. The number of aliphatic hydroxyl groups is 1. The van der Waals surface area contributed by atoms with E-state index in [9.17, 15) is 36.2 Å². The van der Waals surface area contributed by atoms with Crippen molar-refractivity contribution in [2.24, 2.45) is 0 Å². The zero-order valence-electron chi connectivity index (χ0n) is 20.2. The normalized spacial score (nSPS) is 13.0. The lowest BCUT2D eigenvalue weighted by molar-refractivity contribution is -0.0505. The summed E-state index contributed by atoms with van der Waals surface area (Å²) in [5.41, 5.74) is 0.234. The molecule has 0 aliphatic carbocycles. The average molecular weight is 559 g/mol. The highest BCUT2D eigenvalue weighted by molar-refractivity contribution is 7.92. The number of aromatic hydroxyl groups is 1. The van der Waals surface area contributed by atoms with E-state index in [1.54, 1.807) is 6.92 Å². The average Bonchev–Trinajstić information content (AvgIpc) is 2.83. The summed E-state index contributed by atoms with van der Waals surface area (Å²) in [4.78, 5) is 0. The van der Waals surface area contributed by atoms with Crippen LogP contribution in [0.2, 0.25) is 0 Å². The molecule has 8 nitrogen and oxygen atoms in total. The molecule has 3 rings (SSSR count). The van der Waals surface area contributed by atoms with Gasteiger partial charge in [-0.3, -0.25) is 4.72 Å². The lowest BCUT2D eigenvalue weighted by Crippen LogP contribution is -2.42. The Balaban J connectivity index is 1.90. The van der Waals surface area contributed by atoms with Crippen LogP contribution < -0.4 is 19.5 Å². The van der Waals surface area contributed by atoms with Gasteiger partial charge in [0.1, 0.15) is 17.2 Å². The summed E-state index contributed by atoms with van der Waals surface area (Å²) in [6.07, 6.45) is -0.268. The molecule has 0 spiro atoms. The lowest BCUT2D eigenvalue weighted by atomic mass is 9.84. The second-order valence-electron chi connectivity index (χ2n) is 8.48. The second-order valence-corrected chi connectivity index (χ2v) is 10.2. The van der Waals surface area contributed by atoms with Gasteiger partial charge in [0.05, 0.1) is 23.6 Å². The summed E-state index contributed by atoms with van der Waals surface area (Å²) in [5, 5.41) is 24.0. The molecular weight excluding hydrogens is 532 g/mol. The first-order valence-electron chi connectivity index (χ1n) is 11.1. The highest BCUT2D eigenvalue weighted by Crippen LogP contribution is 2.34. The molecule has 4 N–H and O–H groups in total. The largest absolute Gasteiger partial charge is 0.506 e. The first kappa shape index (κ1) is 29.0. The zero-order valence-corrected chi connectivity index (χ0v) is 21.1. The molecule has 0 heterocycles. The zero-order chi connectivity index (χ0) is 28.1. The molecule has 0 fully saturated rings. The third kappa shape index (κ3) is 7.73. The number of hydrogen-bond donors (Lipinski definition) is 4. The van der Waals surface area contributed by atoms with Gasteiger partial charge in [0.2, 0.25) is 10.0 Å². The Labute approximate surface area is 216 Å². The van der Waals surface area contributed by atoms with Gasteiger partial charge in [-0.1, -0.05) is 30.3 Å². The number of aliphatic hydroxyl groups excluding tert-OH is 1. The van der Waals surface area contributed by atoms with Crippen molar-refractivity contribution in [3.05, 3.63) is 83.4 Å². The van der Waals surface area contributed by atoms with E-state index in [4.69, 9.17) is 0 Å². The Kier molecular flexibility index (Phi) is 9.07. The van der Waals surface area contributed by atoms with Crippen molar-refractivity contribution >= 4 is 15.7 Å². The van der Waals surface area contributed by atoms with E-state index < -0.39 is 34.9 Å². The summed E-state index contributed by atoms with van der Waals surface area (Å²) < 4.78 is 84.4. The predicted octanol–water partition coefficient (Wildman–Crippen LogP) is 4.55. The van der Waals surface area contributed by atoms with Crippen LogP contribution in [0.1, 0.15) is 29.7 Å². The van der Waals surface area contributed by atoms with E-state index in [2.05, 4.69) is 19.5 Å². The van der Waals surface area contributed by atoms with Gasteiger partial charge in [0, 0.05) is 6.54 Å². The van der Waals surface area contributed by atoms with Crippen LogP contribution in [0, 0.1) is 0 Å². The first-order valence-corrected chi connectivity index (χ1v) is 13.0. The van der Waals surface area contributed by atoms with Gasteiger partial charge in [-0.25, -0.2) is 8.42 Å². The molecule has 0 unspecified atom stereocenters. The molecule has 0 amide bonds. The Morgan fingerprint density at radius 3 is 1.76 bits per heavy atom. The summed E-state index contributed by atoms with van der Waals surface area (Å²) >= 11 is 0. The van der Waals surface area contributed by atoms with Crippen molar-refractivity contribution in [1.82, 2.24) is 5.32 Å². The number of phenolic OH excluding ortho intramolecular Hbond substituents is 1. The number of sulfonamides is 1. The quantitative estimate of drug-likeness (QED) is 0.190. The summed E-state index contributed by atoms with van der Waals surface area (Å²) in [5.74, 6) is -0.468. The minimum absolute atomic E-state index is 0.0678. The van der Waals surface area contributed by atoms with E-state index in [-0.39, 0.29) is 35.0 Å². The Bertz CT molecular complexity index is 1270. The molecule has 0 aliphatic rings. The number of rotatable bonds is 12. The number of alkyl halides is 4. The lowest BCUT2D eigenvalue weighted by Gasteiger charge is -2.34. The summed E-state index contributed by atoms with van der Waals surface area (Å²) in [6.45, 7) is -4.37. The van der Waals surface area contributed by atoms with Crippen LogP contribution in [0.15, 0.2) is 66.7 Å². The maximum absolute atomic E-state index is 12.6. The molecule has 13 heteroatoms. The van der Waals surface area contributed by atoms with E-state index in [1.165, 1.54) is 66.7 Å². The van der Waals surface area contributed by atoms with E-state index >= 15 is 0 Å². The van der Waals surface area contributed by atoms with Gasteiger partial charge < -0.3 is 25.0 Å². The Hall–Kier alpha value is -3.55. The standard InChI is InChI=1S/C25H26F4N2O6S/c1-25(16-4-8-18(9-5-16)36-23(26)27,17-6-10-19(11-7-17)37-24(28)29)30-14-22(33)15-3-12-21(32)20(13-15)31-38(2,34)35/h3-13,22-24,30-33H,14H2,1-2H3/t22-/m0/s1. The molecule has 1 atom stereocenters. The van der Waals surface area contributed by atoms with Crippen LogP contribution in [0.4, 0.5) is 23.2 Å². The third-order valence-electron chi connectivity index (χ3n) is 5.66. The van der Waals surface area contributed by atoms with E-state index in [1.807, 2.05) is 0 Å². The predicted molar refractivity (Wildman–Crippen MR) is 132 cm³/mol. The Morgan fingerprint density at radius 1 is 0.868 bits per heavy atom. The van der Waals surface area contributed by atoms with Crippen molar-refractivity contribution in [3.8, 4) is 17.2 Å². The van der Waals surface area contributed by atoms with Crippen LogP contribution in [-0.4, -0.2) is 44.7 Å². The van der Waals surface area contributed by atoms with Crippen LogP contribution in [-0.2, 0) is 15.6 Å². The molecule has 0 aromatic heterocycles. The van der Waals surface area contributed by atoms with E-state index in [0.717, 1.165) is 6.26 Å². The number of anilines is 1. The van der Waals surface area contributed by atoms with Crippen LogP contribution in [0.25, 0.3) is 0 Å². The molecule has 3 aromatic carbocycles. The maximum Gasteiger partial charge on any atom is 0.387 e. The van der Waals surface area contributed by atoms with Gasteiger partial charge in [0.15, 0.2) is 0 Å². The second kappa shape index (κ2) is 11.9.